The Kier molecular flexibility index (Phi) is 10.2. The van der Waals surface area contributed by atoms with E-state index in [1.54, 1.807) is 24.7 Å². The number of halogens is 2. The lowest BCUT2D eigenvalue weighted by Gasteiger charge is -2.28. The van der Waals surface area contributed by atoms with Crippen LogP contribution in [0.25, 0.3) is 22.0 Å². The Morgan fingerprint density at radius 2 is 1.80 bits per heavy atom. The minimum absolute atomic E-state index is 0.0131. The van der Waals surface area contributed by atoms with E-state index in [0.717, 1.165) is 53.8 Å². The highest BCUT2D eigenvalue weighted by atomic mass is 32.1. The van der Waals surface area contributed by atoms with Gasteiger partial charge in [0.1, 0.15) is 22.1 Å². The van der Waals surface area contributed by atoms with E-state index in [2.05, 4.69) is 25.5 Å². The van der Waals surface area contributed by atoms with Gasteiger partial charge in [0.05, 0.1) is 29.9 Å². The fraction of sp³-hybridized carbons (Fsp3) is 0.433. The third-order valence-electron chi connectivity index (χ3n) is 7.21. The van der Waals surface area contributed by atoms with Crippen molar-refractivity contribution in [2.75, 3.05) is 11.9 Å². The summed E-state index contributed by atoms with van der Waals surface area (Å²) in [5.41, 5.74) is 0.263. The minimum Gasteiger partial charge on any atom is -0.425 e. The zero-order valence-corrected chi connectivity index (χ0v) is 26.4. The van der Waals surface area contributed by atoms with Gasteiger partial charge < -0.3 is 19.5 Å². The van der Waals surface area contributed by atoms with Crippen molar-refractivity contribution in [1.82, 2.24) is 29.5 Å². The molecule has 4 aromatic heterocycles. The lowest BCUT2D eigenvalue weighted by molar-refractivity contribution is -0.168. The summed E-state index contributed by atoms with van der Waals surface area (Å²) in [6.45, 7) is 7.30. The molecule has 4 heterocycles. The van der Waals surface area contributed by atoms with Gasteiger partial charge in [-0.2, -0.15) is 19.3 Å². The number of thiazole rings is 1. The number of nitrogens with one attached hydrogen (secondary N) is 1. The Hall–Kier alpha value is -4.57. The summed E-state index contributed by atoms with van der Waals surface area (Å²) in [7, 11) is 0. The lowest BCUT2D eigenvalue weighted by atomic mass is 9.93. The molecule has 0 saturated heterocycles. The fourth-order valence-corrected chi connectivity index (χ4v) is 5.67. The monoisotopic (exact) mass is 657 g/mol. The second-order valence-electron chi connectivity index (χ2n) is 10.9. The quantitative estimate of drug-likeness (QED) is 0.125. The molecule has 0 aliphatic heterocycles. The first-order chi connectivity index (χ1) is 22.0. The molecular weight excluding hydrogens is 624 g/mol. The van der Waals surface area contributed by atoms with Crippen LogP contribution >= 0.6 is 11.3 Å². The fourth-order valence-electron chi connectivity index (χ4n) is 4.89. The van der Waals surface area contributed by atoms with Crippen LogP contribution in [0.15, 0.2) is 36.1 Å². The molecule has 4 aromatic rings. The predicted molar refractivity (Wildman–Crippen MR) is 162 cm³/mol. The van der Waals surface area contributed by atoms with E-state index in [-0.39, 0.29) is 40.8 Å². The normalized spacial score (nSPS) is 17.1. The average Bonchev–Trinajstić information content (AvgIpc) is 3.79. The molecule has 1 atom stereocenters. The molecule has 1 aliphatic rings. The van der Waals surface area contributed by atoms with Crippen molar-refractivity contribution in [3.05, 3.63) is 53.6 Å². The molecule has 13 nitrogen and oxygen atoms in total. The number of pyridine rings is 1. The van der Waals surface area contributed by atoms with Crippen molar-refractivity contribution >= 4 is 35.0 Å². The molecule has 1 unspecified atom stereocenters. The van der Waals surface area contributed by atoms with Crippen molar-refractivity contribution in [3.8, 4) is 22.0 Å². The highest BCUT2D eigenvalue weighted by Crippen LogP contribution is 2.34. The van der Waals surface area contributed by atoms with Crippen LogP contribution in [0.2, 0.25) is 0 Å². The summed E-state index contributed by atoms with van der Waals surface area (Å²) >= 11 is 1.13. The van der Waals surface area contributed by atoms with Crippen LogP contribution < -0.4 is 5.32 Å². The van der Waals surface area contributed by atoms with Crippen molar-refractivity contribution < 1.29 is 37.4 Å². The van der Waals surface area contributed by atoms with Crippen LogP contribution in [0, 0.1) is 17.7 Å². The third-order valence-corrected chi connectivity index (χ3v) is 8.10. The summed E-state index contributed by atoms with van der Waals surface area (Å²) in [6.07, 6.45) is 5.65. The molecule has 1 fully saturated rings. The summed E-state index contributed by atoms with van der Waals surface area (Å²) in [5, 5.41) is 13.1. The SMILES string of the molecule is CCO[C@H]1CC[C@H](n2cc(NC(=O)c3csc(-c4cnn(C(=O)OC(C)OC(=O)C(C)C)c4)n3)c(-c3nc(F)ccc3F)n2)CC1. The molecule has 0 radical (unpaired) electrons. The van der Waals surface area contributed by atoms with E-state index < -0.39 is 36.0 Å². The zero-order valence-electron chi connectivity index (χ0n) is 25.6. The maximum atomic E-state index is 14.8. The molecule has 244 valence electrons. The summed E-state index contributed by atoms with van der Waals surface area (Å²) in [6, 6.07) is 1.83. The Balaban J connectivity index is 1.31. The second-order valence-corrected chi connectivity index (χ2v) is 11.8. The van der Waals surface area contributed by atoms with Crippen LogP contribution in [0.3, 0.4) is 0 Å². The number of hydrogen-bond donors (Lipinski definition) is 1. The molecule has 0 aromatic carbocycles. The maximum Gasteiger partial charge on any atom is 0.437 e. The molecule has 1 saturated carbocycles. The Morgan fingerprint density at radius 3 is 2.52 bits per heavy atom. The van der Waals surface area contributed by atoms with Crippen LogP contribution in [0.4, 0.5) is 19.3 Å². The number of ether oxygens (including phenoxy) is 3. The Labute approximate surface area is 266 Å². The van der Waals surface area contributed by atoms with Crippen molar-refractivity contribution in [2.45, 2.75) is 71.8 Å². The molecular formula is C30H33F2N7O6S. The number of esters is 1. The van der Waals surface area contributed by atoms with E-state index in [1.807, 2.05) is 6.92 Å². The zero-order chi connectivity index (χ0) is 33.0. The molecule has 1 amide bonds. The van der Waals surface area contributed by atoms with Gasteiger partial charge in [0.15, 0.2) is 5.82 Å². The summed E-state index contributed by atoms with van der Waals surface area (Å²) < 4.78 is 47.3. The van der Waals surface area contributed by atoms with Crippen LogP contribution in [-0.4, -0.2) is 66.5 Å². The van der Waals surface area contributed by atoms with E-state index in [1.165, 1.54) is 24.7 Å². The van der Waals surface area contributed by atoms with Crippen LogP contribution in [0.5, 0.6) is 0 Å². The molecule has 1 N–H and O–H groups in total. The van der Waals surface area contributed by atoms with Gasteiger partial charge in [-0.15, -0.1) is 11.3 Å². The number of carbonyl (C=O) groups excluding carboxylic acids is 3. The topological polar surface area (TPSA) is 152 Å². The van der Waals surface area contributed by atoms with Crippen LogP contribution in [0.1, 0.15) is 69.9 Å². The van der Waals surface area contributed by atoms with Gasteiger partial charge in [-0.05, 0) is 44.7 Å². The minimum atomic E-state index is -1.12. The van der Waals surface area contributed by atoms with Crippen LogP contribution in [-0.2, 0) is 19.0 Å². The van der Waals surface area contributed by atoms with E-state index in [4.69, 9.17) is 14.2 Å². The van der Waals surface area contributed by atoms with Gasteiger partial charge in [0, 0.05) is 36.9 Å². The van der Waals surface area contributed by atoms with Gasteiger partial charge in [0.2, 0.25) is 12.2 Å². The highest BCUT2D eigenvalue weighted by molar-refractivity contribution is 7.13. The first-order valence-electron chi connectivity index (χ1n) is 14.8. The lowest BCUT2D eigenvalue weighted by Crippen LogP contribution is -2.26. The van der Waals surface area contributed by atoms with Gasteiger partial charge in [0.25, 0.3) is 5.91 Å². The standard InChI is InChI=1S/C30H33F2N7O6S/c1-5-43-20-8-6-19(7-9-20)38-14-22(26(37-38)25-21(31)10-11-24(32)36-25)34-27(40)23-15-46-28(35-23)18-12-33-39(13-18)30(42)45-17(4)44-29(41)16(2)3/h10-17,19-20H,5-9H2,1-4H3,(H,34,40)/t17?,19-,20-. The van der Waals surface area contributed by atoms with Crippen molar-refractivity contribution in [2.24, 2.45) is 5.92 Å². The van der Waals surface area contributed by atoms with E-state index in [9.17, 15) is 23.2 Å². The first-order valence-corrected chi connectivity index (χ1v) is 15.7. The number of rotatable bonds is 10. The number of amides is 1. The first kappa shape index (κ1) is 32.8. The Bertz CT molecular complexity index is 1710. The number of carbonyl (C=O) groups is 3. The second kappa shape index (κ2) is 14.2. The largest absolute Gasteiger partial charge is 0.437 e. The number of aromatic nitrogens is 6. The van der Waals surface area contributed by atoms with Gasteiger partial charge in [-0.25, -0.2) is 19.2 Å². The summed E-state index contributed by atoms with van der Waals surface area (Å²) in [4.78, 5) is 45.6. The molecule has 0 spiro atoms. The highest BCUT2D eigenvalue weighted by Gasteiger charge is 2.27. The Morgan fingerprint density at radius 1 is 1.04 bits per heavy atom. The van der Waals surface area contributed by atoms with E-state index >= 15 is 0 Å². The average molecular weight is 658 g/mol. The van der Waals surface area contributed by atoms with Gasteiger partial charge >= 0.3 is 12.1 Å². The molecule has 5 rings (SSSR count). The van der Waals surface area contributed by atoms with Gasteiger partial charge in [-0.3, -0.25) is 14.3 Å². The van der Waals surface area contributed by atoms with Crippen molar-refractivity contribution in [1.29, 1.82) is 0 Å². The molecule has 46 heavy (non-hydrogen) atoms. The van der Waals surface area contributed by atoms with Crippen molar-refractivity contribution in [3.63, 3.8) is 0 Å². The third kappa shape index (κ3) is 7.62. The molecule has 0 bridgehead atoms. The summed E-state index contributed by atoms with van der Waals surface area (Å²) in [5.74, 6) is -3.20. The number of hydrogen-bond acceptors (Lipinski definition) is 11. The maximum absolute atomic E-state index is 14.8. The number of anilines is 1. The molecule has 16 heteroatoms. The molecule has 1 aliphatic carbocycles. The predicted octanol–water partition coefficient (Wildman–Crippen LogP) is 5.85. The van der Waals surface area contributed by atoms with Gasteiger partial charge in [-0.1, -0.05) is 13.8 Å². The smallest absolute Gasteiger partial charge is 0.425 e. The number of nitrogens with zero attached hydrogens (tertiary/aromatic N) is 6. The van der Waals surface area contributed by atoms with E-state index in [0.29, 0.717) is 17.2 Å².